The van der Waals surface area contributed by atoms with Crippen molar-refractivity contribution < 1.29 is 22.7 Å². The molecule has 4 rings (SSSR count). The van der Waals surface area contributed by atoms with E-state index in [0.717, 1.165) is 48.1 Å². The number of methoxy groups -OCH3 is 1. The number of unbranched alkanes of at least 4 members (excludes halogenated alkanes) is 1. The Hall–Kier alpha value is -3.69. The van der Waals surface area contributed by atoms with E-state index in [4.69, 9.17) is 4.74 Å². The van der Waals surface area contributed by atoms with E-state index in [2.05, 4.69) is 12.2 Å². The molecule has 3 aromatic carbocycles. The molecule has 43 heavy (non-hydrogen) atoms. The second kappa shape index (κ2) is 15.7. The highest BCUT2D eigenvalue weighted by atomic mass is 32.2. The molecule has 2 amide bonds. The molecule has 1 aliphatic heterocycles. The Labute approximate surface area is 256 Å². The molecule has 3 aromatic rings. The van der Waals surface area contributed by atoms with Crippen molar-refractivity contribution in [2.45, 2.75) is 69.4 Å². The lowest BCUT2D eigenvalue weighted by atomic mass is 10.0. The zero-order chi connectivity index (χ0) is 30.7. The van der Waals surface area contributed by atoms with E-state index in [1.54, 1.807) is 36.3 Å². The maximum atomic E-state index is 13.9. The van der Waals surface area contributed by atoms with E-state index in [0.29, 0.717) is 32.5 Å². The summed E-state index contributed by atoms with van der Waals surface area (Å²) in [6.45, 7) is 4.01. The van der Waals surface area contributed by atoms with Gasteiger partial charge in [0.15, 0.2) is 0 Å². The van der Waals surface area contributed by atoms with Gasteiger partial charge in [-0.05, 0) is 66.6 Å². The Bertz CT molecular complexity index is 1420. The smallest absolute Gasteiger partial charge is 0.243 e. The maximum absolute atomic E-state index is 13.9. The molecule has 0 unspecified atom stereocenters. The lowest BCUT2D eigenvalue weighted by Crippen LogP contribution is -2.50. The van der Waals surface area contributed by atoms with Crippen LogP contribution in [0.4, 0.5) is 0 Å². The van der Waals surface area contributed by atoms with E-state index in [-0.39, 0.29) is 29.7 Å². The lowest BCUT2D eigenvalue weighted by molar-refractivity contribution is -0.141. The van der Waals surface area contributed by atoms with Crippen LogP contribution < -0.4 is 10.1 Å². The fraction of sp³-hybridized carbons (Fsp3) is 0.412. The Morgan fingerprint density at radius 1 is 0.907 bits per heavy atom. The Morgan fingerprint density at radius 3 is 2.19 bits per heavy atom. The van der Waals surface area contributed by atoms with Crippen LogP contribution in [0.3, 0.4) is 0 Å². The molecule has 0 aliphatic carbocycles. The first kappa shape index (κ1) is 32.2. The SMILES string of the molecule is CCCCNC(=O)[C@H](Cc1ccccc1)N(Cc1ccc(OC)cc1)C(=O)CCc1ccc(S(=O)(=O)N2CCCC2)cc1. The minimum Gasteiger partial charge on any atom is -0.497 e. The first-order valence-electron chi connectivity index (χ1n) is 15.1. The van der Waals surface area contributed by atoms with Crippen LogP contribution in [0, 0.1) is 0 Å². The molecular weight excluding hydrogens is 562 g/mol. The number of hydrogen-bond donors (Lipinski definition) is 1. The van der Waals surface area contributed by atoms with Crippen LogP contribution in [-0.4, -0.2) is 62.2 Å². The number of hydrogen-bond acceptors (Lipinski definition) is 5. The third-order valence-electron chi connectivity index (χ3n) is 7.87. The maximum Gasteiger partial charge on any atom is 0.243 e. The highest BCUT2D eigenvalue weighted by Gasteiger charge is 2.30. The zero-order valence-electron chi connectivity index (χ0n) is 25.2. The van der Waals surface area contributed by atoms with Crippen molar-refractivity contribution in [3.8, 4) is 5.75 Å². The molecule has 1 aliphatic rings. The molecule has 1 heterocycles. The van der Waals surface area contributed by atoms with E-state index in [9.17, 15) is 18.0 Å². The van der Waals surface area contributed by atoms with Gasteiger partial charge in [-0.25, -0.2) is 8.42 Å². The predicted octanol–water partition coefficient (Wildman–Crippen LogP) is 4.97. The minimum atomic E-state index is -3.50. The van der Waals surface area contributed by atoms with E-state index >= 15 is 0 Å². The van der Waals surface area contributed by atoms with Crippen molar-refractivity contribution in [3.05, 3.63) is 95.6 Å². The van der Waals surface area contributed by atoms with Gasteiger partial charge in [0.1, 0.15) is 11.8 Å². The Morgan fingerprint density at radius 2 is 1.56 bits per heavy atom. The monoisotopic (exact) mass is 605 g/mol. The van der Waals surface area contributed by atoms with Crippen molar-refractivity contribution in [2.75, 3.05) is 26.7 Å². The molecule has 0 aromatic heterocycles. The molecule has 1 saturated heterocycles. The minimum absolute atomic E-state index is 0.142. The number of rotatable bonds is 15. The number of carbonyl (C=O) groups excluding carboxylic acids is 2. The summed E-state index contributed by atoms with van der Waals surface area (Å²) >= 11 is 0. The molecule has 1 atom stereocenters. The largest absolute Gasteiger partial charge is 0.497 e. The number of nitrogens with one attached hydrogen (secondary N) is 1. The molecule has 1 N–H and O–H groups in total. The van der Waals surface area contributed by atoms with Gasteiger partial charge in [0.05, 0.1) is 12.0 Å². The highest BCUT2D eigenvalue weighted by Crippen LogP contribution is 2.22. The van der Waals surface area contributed by atoms with Gasteiger partial charge in [0, 0.05) is 39.0 Å². The summed E-state index contributed by atoms with van der Waals surface area (Å²) in [7, 11) is -1.89. The summed E-state index contributed by atoms with van der Waals surface area (Å²) in [6, 6.07) is 23.4. The van der Waals surface area contributed by atoms with Gasteiger partial charge in [0.25, 0.3) is 0 Å². The summed E-state index contributed by atoms with van der Waals surface area (Å²) in [5.74, 6) is 0.404. The normalized spacial score (nSPS) is 14.3. The second-order valence-corrected chi connectivity index (χ2v) is 12.9. The molecule has 9 heteroatoms. The topological polar surface area (TPSA) is 96.0 Å². The standard InChI is InChI=1S/C34H43N3O5S/c1-3-4-22-35-34(39)32(25-28-10-6-5-7-11-28)37(26-29-12-17-30(42-2)18-13-29)33(38)21-16-27-14-19-31(20-15-27)43(40,41)36-23-8-9-24-36/h5-7,10-15,17-20,32H,3-4,8-9,16,21-26H2,1-2H3,(H,35,39)/t32-/m0/s1. The number of nitrogens with zero attached hydrogens (tertiary/aromatic N) is 2. The lowest BCUT2D eigenvalue weighted by Gasteiger charge is -2.32. The molecule has 8 nitrogen and oxygen atoms in total. The average molecular weight is 606 g/mol. The summed E-state index contributed by atoms with van der Waals surface area (Å²) in [6.07, 6.45) is 4.59. The second-order valence-electron chi connectivity index (χ2n) is 11.0. The highest BCUT2D eigenvalue weighted by molar-refractivity contribution is 7.89. The van der Waals surface area contributed by atoms with Gasteiger partial charge in [-0.2, -0.15) is 4.31 Å². The van der Waals surface area contributed by atoms with Crippen molar-refractivity contribution in [3.63, 3.8) is 0 Å². The van der Waals surface area contributed by atoms with E-state index < -0.39 is 16.1 Å². The first-order chi connectivity index (χ1) is 20.8. The fourth-order valence-electron chi connectivity index (χ4n) is 5.29. The number of benzene rings is 3. The average Bonchev–Trinajstić information content (AvgIpc) is 3.59. The van der Waals surface area contributed by atoms with Crippen LogP contribution in [0.1, 0.15) is 55.7 Å². The van der Waals surface area contributed by atoms with Gasteiger partial charge in [-0.15, -0.1) is 0 Å². The molecule has 1 fully saturated rings. The van der Waals surface area contributed by atoms with Crippen LogP contribution in [0.2, 0.25) is 0 Å². The Balaban J connectivity index is 1.54. The molecule has 230 valence electrons. The van der Waals surface area contributed by atoms with Crippen molar-refractivity contribution >= 4 is 21.8 Å². The van der Waals surface area contributed by atoms with E-state index in [1.807, 2.05) is 54.6 Å². The van der Waals surface area contributed by atoms with Crippen LogP contribution in [0.15, 0.2) is 83.8 Å². The number of sulfonamides is 1. The number of amides is 2. The predicted molar refractivity (Wildman–Crippen MR) is 168 cm³/mol. The van der Waals surface area contributed by atoms with Gasteiger partial charge in [-0.3, -0.25) is 9.59 Å². The van der Waals surface area contributed by atoms with Gasteiger partial charge < -0.3 is 15.0 Å². The quantitative estimate of drug-likeness (QED) is 0.247. The van der Waals surface area contributed by atoms with Crippen LogP contribution >= 0.6 is 0 Å². The van der Waals surface area contributed by atoms with Crippen molar-refractivity contribution in [1.82, 2.24) is 14.5 Å². The molecule has 0 spiro atoms. The number of aryl methyl sites for hydroxylation is 1. The van der Waals surface area contributed by atoms with Gasteiger partial charge in [0.2, 0.25) is 21.8 Å². The summed E-state index contributed by atoms with van der Waals surface area (Å²) in [5, 5.41) is 3.05. The van der Waals surface area contributed by atoms with Crippen molar-refractivity contribution in [1.29, 1.82) is 0 Å². The first-order valence-corrected chi connectivity index (χ1v) is 16.6. The number of carbonyl (C=O) groups is 2. The molecular formula is C34H43N3O5S. The zero-order valence-corrected chi connectivity index (χ0v) is 26.0. The molecule has 0 bridgehead atoms. The fourth-order valence-corrected chi connectivity index (χ4v) is 6.81. The van der Waals surface area contributed by atoms with E-state index in [1.165, 1.54) is 4.31 Å². The van der Waals surface area contributed by atoms with Crippen LogP contribution in [0.25, 0.3) is 0 Å². The summed E-state index contributed by atoms with van der Waals surface area (Å²) < 4.78 is 32.7. The summed E-state index contributed by atoms with van der Waals surface area (Å²) in [5.41, 5.74) is 2.73. The number of ether oxygens (including phenoxy) is 1. The van der Waals surface area contributed by atoms with Crippen molar-refractivity contribution in [2.24, 2.45) is 0 Å². The molecule has 0 radical (unpaired) electrons. The third-order valence-corrected chi connectivity index (χ3v) is 9.78. The van der Waals surface area contributed by atoms with Crippen LogP contribution in [-0.2, 0) is 39.0 Å². The van der Waals surface area contributed by atoms with Crippen LogP contribution in [0.5, 0.6) is 5.75 Å². The molecule has 0 saturated carbocycles. The summed E-state index contributed by atoms with van der Waals surface area (Å²) in [4.78, 5) is 29.5. The Kier molecular flexibility index (Phi) is 11.8. The van der Waals surface area contributed by atoms with Gasteiger partial charge in [-0.1, -0.05) is 67.9 Å². The van der Waals surface area contributed by atoms with Gasteiger partial charge >= 0.3 is 0 Å². The third kappa shape index (κ3) is 8.91.